The molecule has 0 atom stereocenters. The molecule has 4 aromatic carbocycles. The van der Waals surface area contributed by atoms with E-state index in [9.17, 15) is 45.4 Å². The molecule has 0 spiro atoms. The maximum Gasteiger partial charge on any atom is 0.311 e. The fourth-order valence-electron chi connectivity index (χ4n) is 5.64. The number of amides is 1. The SMILES string of the molecule is CN=C(c1cccc(N)c1O)N(C)C.CN=C(c1cccc([N+](=O)[O-])c1O)N(C)C.CN=C(c1cccc([N+](=O)[O-])c1OC)N(C)C.COc1c(C(=O)N(C)C)cccc1[N+](=O)[O-]. The van der Waals surface area contributed by atoms with Gasteiger partial charge in [0.2, 0.25) is 17.2 Å². The molecule has 0 aromatic heterocycles. The lowest BCUT2D eigenvalue weighted by Gasteiger charge is -2.17. The molecule has 4 rings (SSSR count). The number of nitrogen functional groups attached to an aromatic ring is 1. The van der Waals surface area contributed by atoms with Crippen LogP contribution in [-0.4, -0.2) is 160 Å². The van der Waals surface area contributed by atoms with Gasteiger partial charge in [-0.25, -0.2) is 0 Å². The third kappa shape index (κ3) is 14.0. The summed E-state index contributed by atoms with van der Waals surface area (Å²) in [6.45, 7) is 0. The van der Waals surface area contributed by atoms with Crippen LogP contribution in [0.4, 0.5) is 22.7 Å². The number of carbonyl (C=O) groups excluding carboxylic acids is 1. The molecule has 0 bridgehead atoms. The van der Waals surface area contributed by atoms with E-state index in [1.807, 2.05) is 33.1 Å². The summed E-state index contributed by atoms with van der Waals surface area (Å²) in [6.07, 6.45) is 0. The van der Waals surface area contributed by atoms with Gasteiger partial charge in [-0.2, -0.15) is 0 Å². The topological polar surface area (TPSA) is 281 Å². The van der Waals surface area contributed by atoms with Gasteiger partial charge in [0.1, 0.15) is 23.3 Å². The van der Waals surface area contributed by atoms with Crippen LogP contribution in [0.5, 0.6) is 23.0 Å². The standard InChI is InChI=1S/C11H15N3O3.C10H13N3O3.C10H15N3O.C10H12N2O4/c1-12-11(13(2)3)8-6-5-7-9(14(15)16)10(8)17-4;1-11-10(12(2)3)7-5-4-6-8(9(7)14)13(15)16;1-12-10(13(2)3)7-5-4-6-8(11)9(7)14;1-11(2)10(13)7-5-4-6-8(12(14)15)9(7)16-3/h5-7H,1-4H3;4-6,14H,1-3H3;4-6,14H,11H2,1-3H3;4-6H,1-3H3. The maximum atomic E-state index is 11.7. The minimum atomic E-state index is -0.623. The molecule has 0 aliphatic rings. The molecule has 0 fully saturated rings. The van der Waals surface area contributed by atoms with Crippen molar-refractivity contribution in [1.82, 2.24) is 19.6 Å². The monoisotopic (exact) mass is 877 g/mol. The zero-order chi connectivity index (χ0) is 48.3. The molecule has 0 unspecified atom stereocenters. The quantitative estimate of drug-likeness (QED) is 0.0498. The van der Waals surface area contributed by atoms with E-state index in [1.165, 1.54) is 55.5 Å². The number of nitrogens with zero attached hydrogens (tertiary/aromatic N) is 10. The number of hydrogen-bond acceptors (Lipinski definition) is 15. The number of amidine groups is 3. The molecular formula is C41H55N11O11. The Morgan fingerprint density at radius 3 is 1.19 bits per heavy atom. The number of para-hydroxylation sites is 4. The van der Waals surface area contributed by atoms with Crippen LogP contribution < -0.4 is 15.2 Å². The van der Waals surface area contributed by atoms with Crippen LogP contribution in [0.25, 0.3) is 0 Å². The van der Waals surface area contributed by atoms with Crippen molar-refractivity contribution in [3.8, 4) is 23.0 Å². The molecule has 0 heterocycles. The zero-order valence-electron chi connectivity index (χ0n) is 37.5. The molecule has 4 N–H and O–H groups in total. The van der Waals surface area contributed by atoms with Gasteiger partial charge in [0.15, 0.2) is 0 Å². The highest BCUT2D eigenvalue weighted by Gasteiger charge is 2.24. The first-order valence-corrected chi connectivity index (χ1v) is 18.4. The van der Waals surface area contributed by atoms with Gasteiger partial charge in [0.05, 0.1) is 56.9 Å². The third-order valence-electron chi connectivity index (χ3n) is 8.33. The fourth-order valence-corrected chi connectivity index (χ4v) is 5.64. The van der Waals surface area contributed by atoms with Crippen LogP contribution in [0.2, 0.25) is 0 Å². The highest BCUT2D eigenvalue weighted by Crippen LogP contribution is 2.33. The van der Waals surface area contributed by atoms with Crippen molar-refractivity contribution in [2.24, 2.45) is 15.0 Å². The van der Waals surface area contributed by atoms with E-state index in [0.29, 0.717) is 39.9 Å². The maximum absolute atomic E-state index is 11.7. The number of ether oxygens (including phenoxy) is 2. The molecule has 0 saturated carbocycles. The summed E-state index contributed by atoms with van der Waals surface area (Å²) in [5.74, 6) is 1.43. The van der Waals surface area contributed by atoms with Crippen LogP contribution in [0, 0.1) is 30.3 Å². The Morgan fingerprint density at radius 2 is 0.841 bits per heavy atom. The Balaban J connectivity index is 0.000000421. The molecule has 0 aliphatic carbocycles. The lowest BCUT2D eigenvalue weighted by molar-refractivity contribution is -0.386. The zero-order valence-corrected chi connectivity index (χ0v) is 37.5. The molecule has 63 heavy (non-hydrogen) atoms. The third-order valence-corrected chi connectivity index (χ3v) is 8.33. The number of hydrogen-bond donors (Lipinski definition) is 3. The van der Waals surface area contributed by atoms with E-state index in [4.69, 9.17) is 15.2 Å². The van der Waals surface area contributed by atoms with E-state index >= 15 is 0 Å². The van der Waals surface area contributed by atoms with Crippen molar-refractivity contribution < 1.29 is 39.3 Å². The number of nitrogens with two attached hydrogens (primary N) is 1. The number of aromatic hydroxyl groups is 2. The van der Waals surface area contributed by atoms with Crippen molar-refractivity contribution in [3.63, 3.8) is 0 Å². The summed E-state index contributed by atoms with van der Waals surface area (Å²) in [7, 11) is 21.6. The summed E-state index contributed by atoms with van der Waals surface area (Å²) in [6, 6.07) is 18.6. The van der Waals surface area contributed by atoms with Crippen LogP contribution in [0.15, 0.2) is 87.8 Å². The molecule has 340 valence electrons. The van der Waals surface area contributed by atoms with Gasteiger partial charge in [-0.05, 0) is 30.3 Å². The van der Waals surface area contributed by atoms with Crippen molar-refractivity contribution in [2.45, 2.75) is 0 Å². The van der Waals surface area contributed by atoms with Gasteiger partial charge in [0.25, 0.3) is 5.91 Å². The van der Waals surface area contributed by atoms with Gasteiger partial charge >= 0.3 is 17.1 Å². The van der Waals surface area contributed by atoms with E-state index < -0.39 is 14.8 Å². The summed E-state index contributed by atoms with van der Waals surface area (Å²) in [5, 5.41) is 51.7. The summed E-state index contributed by atoms with van der Waals surface area (Å²) in [4.78, 5) is 61.1. The number of aliphatic imine (C=N–C) groups is 3. The van der Waals surface area contributed by atoms with E-state index in [1.54, 1.807) is 95.5 Å². The molecule has 0 radical (unpaired) electrons. The normalized spacial score (nSPS) is 10.9. The number of phenolic OH excluding ortho intramolecular Hbond substituents is 2. The second-order valence-electron chi connectivity index (χ2n) is 13.4. The van der Waals surface area contributed by atoms with Crippen LogP contribution >= 0.6 is 0 Å². The van der Waals surface area contributed by atoms with Crippen molar-refractivity contribution in [3.05, 3.63) is 125 Å². The number of rotatable bonds is 9. The first kappa shape index (κ1) is 53.0. The summed E-state index contributed by atoms with van der Waals surface area (Å²) < 4.78 is 10.0. The van der Waals surface area contributed by atoms with Gasteiger partial charge < -0.3 is 45.0 Å². The Hall–Kier alpha value is -8.04. The predicted octanol–water partition coefficient (Wildman–Crippen LogP) is 5.00. The van der Waals surface area contributed by atoms with Gasteiger partial charge in [-0.1, -0.05) is 24.3 Å². The van der Waals surface area contributed by atoms with E-state index in [-0.39, 0.29) is 51.5 Å². The van der Waals surface area contributed by atoms with Crippen molar-refractivity contribution >= 4 is 46.2 Å². The summed E-state index contributed by atoms with van der Waals surface area (Å²) in [5.41, 5.74) is 7.15. The number of methoxy groups -OCH3 is 2. The number of nitro benzene ring substituents is 3. The second kappa shape index (κ2) is 24.9. The largest absolute Gasteiger partial charge is 0.505 e. The van der Waals surface area contributed by atoms with Crippen LogP contribution in [0.3, 0.4) is 0 Å². The Kier molecular flexibility index (Phi) is 20.9. The smallest absolute Gasteiger partial charge is 0.311 e. The Labute approximate surface area is 365 Å². The number of anilines is 1. The fraction of sp³-hybridized carbons (Fsp3) is 0.317. The molecular weight excluding hydrogens is 823 g/mol. The Morgan fingerprint density at radius 1 is 0.524 bits per heavy atom. The average molecular weight is 878 g/mol. The molecule has 22 heteroatoms. The number of carbonyl (C=O) groups is 1. The highest BCUT2D eigenvalue weighted by atomic mass is 16.6. The van der Waals surface area contributed by atoms with Crippen LogP contribution in [0.1, 0.15) is 27.0 Å². The van der Waals surface area contributed by atoms with Gasteiger partial charge in [-0.3, -0.25) is 50.1 Å². The van der Waals surface area contributed by atoms with Gasteiger partial charge in [-0.15, -0.1) is 0 Å². The van der Waals surface area contributed by atoms with E-state index in [2.05, 4.69) is 15.0 Å². The molecule has 0 saturated heterocycles. The lowest BCUT2D eigenvalue weighted by atomic mass is 10.1. The lowest BCUT2D eigenvalue weighted by Crippen LogP contribution is -2.23. The van der Waals surface area contributed by atoms with E-state index in [0.717, 1.165) is 0 Å². The van der Waals surface area contributed by atoms with Crippen molar-refractivity contribution in [2.75, 3.05) is 97.5 Å². The number of phenols is 2. The van der Waals surface area contributed by atoms with Gasteiger partial charge in [0, 0.05) is 95.7 Å². The second-order valence-corrected chi connectivity index (χ2v) is 13.4. The first-order valence-electron chi connectivity index (χ1n) is 18.4. The summed E-state index contributed by atoms with van der Waals surface area (Å²) >= 11 is 0. The number of benzene rings is 4. The molecule has 0 aliphatic heterocycles. The van der Waals surface area contributed by atoms with Crippen LogP contribution in [-0.2, 0) is 0 Å². The first-order chi connectivity index (χ1) is 29.6. The average Bonchev–Trinajstić information content (AvgIpc) is 3.23. The molecule has 4 aromatic rings. The minimum Gasteiger partial charge on any atom is -0.505 e. The number of nitro groups is 3. The minimum absolute atomic E-state index is 0.00815. The Bertz CT molecular complexity index is 2330. The van der Waals surface area contributed by atoms with Crippen molar-refractivity contribution in [1.29, 1.82) is 0 Å². The molecule has 22 nitrogen and oxygen atoms in total. The molecule has 1 amide bonds. The highest BCUT2D eigenvalue weighted by molar-refractivity contribution is 6.03. The predicted molar refractivity (Wildman–Crippen MR) is 243 cm³/mol.